The van der Waals surface area contributed by atoms with Crippen molar-refractivity contribution in [3.63, 3.8) is 0 Å². The largest absolute Gasteiger partial charge is 0.480 e. The number of hydrogen-bond acceptors (Lipinski definition) is 3. The van der Waals surface area contributed by atoms with Crippen LogP contribution in [0.1, 0.15) is 0 Å². The van der Waals surface area contributed by atoms with Gasteiger partial charge in [-0.1, -0.05) is 5.92 Å². The summed E-state index contributed by atoms with van der Waals surface area (Å²) in [4.78, 5) is 21.3. The molecule has 0 spiro atoms. The van der Waals surface area contributed by atoms with Gasteiger partial charge in [0.2, 0.25) is 5.91 Å². The minimum Gasteiger partial charge on any atom is -0.480 e. The van der Waals surface area contributed by atoms with Crippen molar-refractivity contribution in [3.05, 3.63) is 0 Å². The normalized spacial score (nSPS) is 25.6. The van der Waals surface area contributed by atoms with E-state index < -0.39 is 16.5 Å². The number of rotatable bonds is 3. The van der Waals surface area contributed by atoms with Crippen LogP contribution < -0.4 is 5.32 Å². The molecule has 12 heavy (non-hydrogen) atoms. The van der Waals surface area contributed by atoms with E-state index in [9.17, 15) is 9.59 Å². The molecular formula is C7H7NO3S. The summed E-state index contributed by atoms with van der Waals surface area (Å²) in [5.41, 5.74) is 0. The van der Waals surface area contributed by atoms with E-state index in [4.69, 9.17) is 11.5 Å². The van der Waals surface area contributed by atoms with Crippen molar-refractivity contribution in [2.24, 2.45) is 0 Å². The molecule has 0 bridgehead atoms. The summed E-state index contributed by atoms with van der Waals surface area (Å²) >= 11 is 1.12. The van der Waals surface area contributed by atoms with Crippen LogP contribution in [0.2, 0.25) is 0 Å². The first-order valence-electron chi connectivity index (χ1n) is 3.26. The van der Waals surface area contributed by atoms with E-state index in [1.54, 1.807) is 0 Å². The van der Waals surface area contributed by atoms with Gasteiger partial charge in [0.05, 0.1) is 6.54 Å². The van der Waals surface area contributed by atoms with Crippen molar-refractivity contribution in [2.45, 2.75) is 10.5 Å². The molecule has 1 fully saturated rings. The third kappa shape index (κ3) is 1.92. The second-order valence-corrected chi connectivity index (χ2v) is 3.53. The Balaban J connectivity index is 2.29. The van der Waals surface area contributed by atoms with E-state index in [-0.39, 0.29) is 12.5 Å². The molecule has 0 unspecified atom stereocenters. The maximum atomic E-state index is 11.0. The van der Waals surface area contributed by atoms with E-state index in [1.807, 2.05) is 0 Å². The molecule has 0 aromatic rings. The minimum absolute atomic E-state index is 0.155. The van der Waals surface area contributed by atoms with Gasteiger partial charge >= 0.3 is 5.97 Å². The highest BCUT2D eigenvalue weighted by Gasteiger charge is 2.49. The lowest BCUT2D eigenvalue weighted by molar-refractivity contribution is -0.136. The molecule has 1 heterocycles. The molecule has 2 N–H and O–H groups in total. The van der Waals surface area contributed by atoms with Crippen molar-refractivity contribution < 1.29 is 14.7 Å². The average molecular weight is 185 g/mol. The number of thioether (sulfide) groups is 1. The summed E-state index contributed by atoms with van der Waals surface area (Å²) in [5.74, 6) is 1.01. The van der Waals surface area contributed by atoms with Crippen LogP contribution in [0, 0.1) is 12.3 Å². The van der Waals surface area contributed by atoms with Crippen molar-refractivity contribution in [1.29, 1.82) is 0 Å². The average Bonchev–Trinajstić information content (AvgIpc) is 2.78. The molecule has 0 aromatic heterocycles. The maximum Gasteiger partial charge on any atom is 0.318 e. The highest BCUT2D eigenvalue weighted by atomic mass is 32.2. The van der Waals surface area contributed by atoms with Gasteiger partial charge in [0, 0.05) is 0 Å². The summed E-state index contributed by atoms with van der Waals surface area (Å²) in [7, 11) is 0. The molecule has 1 saturated heterocycles. The first-order valence-corrected chi connectivity index (χ1v) is 4.20. The topological polar surface area (TPSA) is 66.4 Å². The zero-order chi connectivity index (χ0) is 9.14. The number of carboxylic acids is 1. The third-order valence-corrected chi connectivity index (χ3v) is 2.59. The van der Waals surface area contributed by atoms with Gasteiger partial charge in [0.15, 0.2) is 0 Å². The Labute approximate surface area is 73.7 Å². The lowest BCUT2D eigenvalue weighted by atomic mass is 10.3. The van der Waals surface area contributed by atoms with E-state index in [1.165, 1.54) is 0 Å². The molecule has 1 aliphatic heterocycles. The van der Waals surface area contributed by atoms with Crippen LogP contribution in [0.25, 0.3) is 0 Å². The van der Waals surface area contributed by atoms with Gasteiger partial charge in [-0.2, -0.15) is 0 Å². The third-order valence-electron chi connectivity index (χ3n) is 1.36. The van der Waals surface area contributed by atoms with Crippen molar-refractivity contribution in [1.82, 2.24) is 5.32 Å². The molecule has 4 nitrogen and oxygen atoms in total. The fraction of sp³-hybridized carbons (Fsp3) is 0.429. The molecule has 0 saturated carbocycles. The Hall–Kier alpha value is -1.15. The molecule has 1 amide bonds. The summed E-state index contributed by atoms with van der Waals surface area (Å²) < 4.78 is 0. The number of hydrogen-bond donors (Lipinski definition) is 2. The molecule has 2 atom stereocenters. The van der Waals surface area contributed by atoms with E-state index >= 15 is 0 Å². The number of amides is 1. The second kappa shape index (κ2) is 3.50. The molecular weight excluding hydrogens is 178 g/mol. The Morgan fingerprint density at radius 3 is 2.67 bits per heavy atom. The number of nitrogens with one attached hydrogen (secondary N) is 1. The molecule has 0 radical (unpaired) electrons. The smallest absolute Gasteiger partial charge is 0.318 e. The zero-order valence-electron chi connectivity index (χ0n) is 6.11. The summed E-state index contributed by atoms with van der Waals surface area (Å²) in [6.45, 7) is 0.155. The molecule has 0 aliphatic carbocycles. The van der Waals surface area contributed by atoms with Gasteiger partial charge in [-0.05, 0) is 0 Å². The first kappa shape index (κ1) is 8.94. The van der Waals surface area contributed by atoms with Crippen LogP contribution in [0.15, 0.2) is 0 Å². The van der Waals surface area contributed by atoms with Crippen LogP contribution in [0.5, 0.6) is 0 Å². The van der Waals surface area contributed by atoms with Gasteiger partial charge in [-0.15, -0.1) is 18.2 Å². The van der Waals surface area contributed by atoms with Gasteiger partial charge in [-0.25, -0.2) is 0 Å². The molecule has 1 rings (SSSR count). The van der Waals surface area contributed by atoms with Crippen LogP contribution >= 0.6 is 11.8 Å². The fourth-order valence-electron chi connectivity index (χ4n) is 0.738. The monoisotopic (exact) mass is 185 g/mol. The van der Waals surface area contributed by atoms with Crippen LogP contribution in [-0.2, 0) is 9.59 Å². The van der Waals surface area contributed by atoms with Gasteiger partial charge in [0.1, 0.15) is 10.5 Å². The standard InChI is InChI=1S/C7H7NO3S/c1-2-3-8-6(9)4-5(12-4)7(10)11/h1,4-5H,3H2,(H,8,9)(H,10,11)/t4-,5-/m0/s1. The summed E-state index contributed by atoms with van der Waals surface area (Å²) in [5, 5.41) is 9.85. The van der Waals surface area contributed by atoms with E-state index in [2.05, 4.69) is 11.2 Å². The number of terminal acetylenes is 1. The summed E-state index contributed by atoms with van der Waals surface area (Å²) in [6.07, 6.45) is 4.90. The Bertz CT molecular complexity index is 258. The molecule has 64 valence electrons. The number of carbonyl (C=O) groups excluding carboxylic acids is 1. The number of carbonyl (C=O) groups is 2. The Morgan fingerprint density at radius 2 is 2.25 bits per heavy atom. The Morgan fingerprint density at radius 1 is 1.58 bits per heavy atom. The second-order valence-electron chi connectivity index (χ2n) is 2.24. The molecule has 1 aliphatic rings. The van der Waals surface area contributed by atoms with Crippen molar-refractivity contribution in [2.75, 3.05) is 6.54 Å². The predicted molar refractivity (Wildman–Crippen MR) is 44.6 cm³/mol. The highest BCUT2D eigenvalue weighted by Crippen LogP contribution is 2.41. The SMILES string of the molecule is C#CCNC(=O)[C@H]1S[C@@H]1C(=O)O. The van der Waals surface area contributed by atoms with Crippen LogP contribution in [0.4, 0.5) is 0 Å². The lowest BCUT2D eigenvalue weighted by Gasteiger charge is -1.95. The molecule has 5 heteroatoms. The van der Waals surface area contributed by atoms with Crippen molar-refractivity contribution >= 4 is 23.6 Å². The minimum atomic E-state index is -0.944. The van der Waals surface area contributed by atoms with E-state index in [0.717, 1.165) is 11.8 Å². The Kier molecular flexibility index (Phi) is 2.61. The van der Waals surface area contributed by atoms with Gasteiger partial charge in [0.25, 0.3) is 0 Å². The van der Waals surface area contributed by atoms with E-state index in [0.29, 0.717) is 0 Å². The van der Waals surface area contributed by atoms with Gasteiger partial charge < -0.3 is 10.4 Å². The maximum absolute atomic E-state index is 11.0. The van der Waals surface area contributed by atoms with Crippen molar-refractivity contribution in [3.8, 4) is 12.3 Å². The van der Waals surface area contributed by atoms with Crippen LogP contribution in [-0.4, -0.2) is 34.0 Å². The van der Waals surface area contributed by atoms with Gasteiger partial charge in [-0.3, -0.25) is 9.59 Å². The zero-order valence-corrected chi connectivity index (χ0v) is 6.93. The van der Waals surface area contributed by atoms with Crippen LogP contribution in [0.3, 0.4) is 0 Å². The lowest BCUT2D eigenvalue weighted by Crippen LogP contribution is -2.30. The molecule has 0 aromatic carbocycles. The number of aliphatic carboxylic acids is 1. The number of carboxylic acid groups (broad SMARTS) is 1. The quantitative estimate of drug-likeness (QED) is 0.451. The predicted octanol–water partition coefficient (Wildman–Crippen LogP) is -0.696. The fourth-order valence-corrected chi connectivity index (χ4v) is 1.53. The first-order chi connectivity index (χ1) is 5.66. The summed E-state index contributed by atoms with van der Waals surface area (Å²) in [6, 6.07) is 0. The highest BCUT2D eigenvalue weighted by molar-refractivity contribution is 8.09.